The fraction of sp³-hybridized carbons (Fsp3) is 0.774. The second-order valence-electron chi connectivity index (χ2n) is 12.5. The highest BCUT2D eigenvalue weighted by Gasteiger charge is 2.52. The van der Waals surface area contributed by atoms with Gasteiger partial charge in [-0.05, 0) is 114 Å². The Bertz CT molecular complexity index is 797. The van der Waals surface area contributed by atoms with Gasteiger partial charge in [-0.15, -0.1) is 0 Å². The lowest BCUT2D eigenvalue weighted by Gasteiger charge is -2.53. The first-order chi connectivity index (χ1) is 15.8. The van der Waals surface area contributed by atoms with Crippen molar-refractivity contribution in [1.82, 2.24) is 0 Å². The van der Waals surface area contributed by atoms with E-state index in [9.17, 15) is 15.0 Å². The molecular weight excluding hydrogens is 420 g/mol. The monoisotopic (exact) mass is 472 g/mol. The van der Waals surface area contributed by atoms with Crippen LogP contribution in [0, 0.1) is 28.6 Å². The Hall–Kier alpha value is -1.19. The van der Waals surface area contributed by atoms with Crippen molar-refractivity contribution in [3.05, 3.63) is 34.4 Å². The van der Waals surface area contributed by atoms with E-state index in [1.54, 1.807) is 5.57 Å². The summed E-state index contributed by atoms with van der Waals surface area (Å²) in [5.74, 6) is 1.48. The lowest BCUT2D eigenvalue weighted by molar-refractivity contribution is -0.115. The molecule has 2 aliphatic rings. The third-order valence-electron chi connectivity index (χ3n) is 10.1. The minimum Gasteiger partial charge on any atom is -0.396 e. The van der Waals surface area contributed by atoms with Gasteiger partial charge in [-0.25, -0.2) is 0 Å². The van der Waals surface area contributed by atoms with E-state index in [4.69, 9.17) is 0 Å². The molecule has 3 heteroatoms. The zero-order valence-electron chi connectivity index (χ0n) is 23.3. The molecule has 5 atom stereocenters. The first kappa shape index (κ1) is 29.0. The Labute approximate surface area is 209 Å². The molecule has 0 spiro atoms. The molecule has 0 aromatic heterocycles. The van der Waals surface area contributed by atoms with Crippen LogP contribution < -0.4 is 0 Å². The van der Waals surface area contributed by atoms with Crippen molar-refractivity contribution in [3.8, 4) is 0 Å². The molecule has 0 saturated heterocycles. The number of carbonyl (C=O) groups excluding carboxylic acids is 1. The number of aliphatic hydroxyl groups is 2. The molecule has 34 heavy (non-hydrogen) atoms. The van der Waals surface area contributed by atoms with E-state index in [-0.39, 0.29) is 17.9 Å². The summed E-state index contributed by atoms with van der Waals surface area (Å²) >= 11 is 0. The second kappa shape index (κ2) is 11.7. The average Bonchev–Trinajstić information content (AvgIpc) is 2.77. The van der Waals surface area contributed by atoms with Crippen molar-refractivity contribution in [3.63, 3.8) is 0 Å². The van der Waals surface area contributed by atoms with E-state index in [0.29, 0.717) is 30.1 Å². The molecule has 0 amide bonds. The number of allylic oxidation sites excluding steroid dienone is 6. The number of hydrogen-bond donors (Lipinski definition) is 2. The topological polar surface area (TPSA) is 57.5 Å². The standard InChI is InChI=1S/C31H52O3/c1-22(13-16-27-23(2)14-15-25(4)29(27,5)6)11-9-18-30(7)28(12-10-20-32)26(24(3)21-33)17-19-31(30,8)34/h11,14,21,25,27-28,32,34H,9-10,12-13,15-20H2,1-8H3. The van der Waals surface area contributed by atoms with Gasteiger partial charge in [-0.1, -0.05) is 56.6 Å². The molecule has 3 nitrogen and oxygen atoms in total. The normalized spacial score (nSPS) is 35.6. The van der Waals surface area contributed by atoms with Gasteiger partial charge in [0.25, 0.3) is 0 Å². The first-order valence-electron chi connectivity index (χ1n) is 13.6. The number of hydrogen-bond acceptors (Lipinski definition) is 3. The zero-order chi connectivity index (χ0) is 25.7. The fourth-order valence-electron chi connectivity index (χ4n) is 6.81. The molecule has 5 unspecified atom stereocenters. The third kappa shape index (κ3) is 6.13. The Kier molecular flexibility index (Phi) is 9.99. The lowest BCUT2D eigenvalue weighted by atomic mass is 9.54. The summed E-state index contributed by atoms with van der Waals surface area (Å²) in [6, 6.07) is 0. The highest BCUT2D eigenvalue weighted by atomic mass is 16.3. The summed E-state index contributed by atoms with van der Waals surface area (Å²) in [7, 11) is 0. The molecule has 2 aliphatic carbocycles. The predicted octanol–water partition coefficient (Wildman–Crippen LogP) is 7.58. The number of carbonyl (C=O) groups is 1. The summed E-state index contributed by atoms with van der Waals surface area (Å²) in [5.41, 5.74) is 4.22. The van der Waals surface area contributed by atoms with E-state index < -0.39 is 5.60 Å². The SMILES string of the molecule is CC(=CCCC1(C)C(CCCO)C(=C(C)C=O)CCC1(C)O)CCC1C(C)=CCC(C)C1(C)C. The van der Waals surface area contributed by atoms with Gasteiger partial charge in [-0.3, -0.25) is 4.79 Å². The van der Waals surface area contributed by atoms with Crippen molar-refractivity contribution in [2.75, 3.05) is 6.61 Å². The predicted molar refractivity (Wildman–Crippen MR) is 144 cm³/mol. The van der Waals surface area contributed by atoms with Crippen LogP contribution in [0.15, 0.2) is 34.4 Å². The molecular formula is C31H52O3. The molecule has 0 radical (unpaired) electrons. The van der Waals surface area contributed by atoms with E-state index in [2.05, 4.69) is 53.7 Å². The molecule has 1 saturated carbocycles. The summed E-state index contributed by atoms with van der Waals surface area (Å²) in [6.45, 7) is 18.0. The van der Waals surface area contributed by atoms with E-state index in [1.807, 2.05) is 13.8 Å². The molecule has 1 fully saturated rings. The van der Waals surface area contributed by atoms with Gasteiger partial charge >= 0.3 is 0 Å². The van der Waals surface area contributed by atoms with Crippen molar-refractivity contribution in [2.24, 2.45) is 28.6 Å². The maximum Gasteiger partial charge on any atom is 0.145 e. The third-order valence-corrected chi connectivity index (χ3v) is 10.1. The van der Waals surface area contributed by atoms with Gasteiger partial charge < -0.3 is 10.2 Å². The fourth-order valence-corrected chi connectivity index (χ4v) is 6.81. The summed E-state index contributed by atoms with van der Waals surface area (Å²) in [6.07, 6.45) is 14.1. The molecule has 0 bridgehead atoms. The van der Waals surface area contributed by atoms with Crippen LogP contribution in [0.25, 0.3) is 0 Å². The second-order valence-corrected chi connectivity index (χ2v) is 12.5. The number of aldehydes is 1. The highest BCUT2D eigenvalue weighted by molar-refractivity contribution is 5.74. The maximum atomic E-state index is 11.6. The largest absolute Gasteiger partial charge is 0.396 e. The molecule has 194 valence electrons. The van der Waals surface area contributed by atoms with Crippen molar-refractivity contribution >= 4 is 6.29 Å². The van der Waals surface area contributed by atoms with Gasteiger partial charge in [-0.2, -0.15) is 0 Å². The van der Waals surface area contributed by atoms with Crippen LogP contribution in [-0.4, -0.2) is 28.7 Å². The van der Waals surface area contributed by atoms with Crippen LogP contribution in [0.1, 0.15) is 113 Å². The van der Waals surface area contributed by atoms with E-state index >= 15 is 0 Å². The lowest BCUT2D eigenvalue weighted by Crippen LogP contribution is -2.52. The smallest absolute Gasteiger partial charge is 0.145 e. The quantitative estimate of drug-likeness (QED) is 0.196. The minimum atomic E-state index is -0.786. The van der Waals surface area contributed by atoms with Crippen molar-refractivity contribution < 1.29 is 15.0 Å². The first-order valence-corrected chi connectivity index (χ1v) is 13.6. The Morgan fingerprint density at radius 3 is 2.44 bits per heavy atom. The van der Waals surface area contributed by atoms with Crippen LogP contribution >= 0.6 is 0 Å². The van der Waals surface area contributed by atoms with Crippen molar-refractivity contribution in [2.45, 2.75) is 119 Å². The number of aliphatic hydroxyl groups excluding tert-OH is 1. The van der Waals surface area contributed by atoms with Crippen LogP contribution in [0.2, 0.25) is 0 Å². The molecule has 0 heterocycles. The van der Waals surface area contributed by atoms with Gasteiger partial charge in [0.15, 0.2) is 0 Å². The summed E-state index contributed by atoms with van der Waals surface area (Å²) < 4.78 is 0. The van der Waals surface area contributed by atoms with Crippen LogP contribution in [0.5, 0.6) is 0 Å². The minimum absolute atomic E-state index is 0.125. The zero-order valence-corrected chi connectivity index (χ0v) is 23.3. The van der Waals surface area contributed by atoms with Gasteiger partial charge in [0.2, 0.25) is 0 Å². The van der Waals surface area contributed by atoms with E-state index in [0.717, 1.165) is 44.0 Å². The van der Waals surface area contributed by atoms with Gasteiger partial charge in [0.05, 0.1) is 5.60 Å². The Morgan fingerprint density at radius 2 is 1.82 bits per heavy atom. The van der Waals surface area contributed by atoms with Gasteiger partial charge in [0, 0.05) is 12.0 Å². The van der Waals surface area contributed by atoms with Crippen LogP contribution in [-0.2, 0) is 4.79 Å². The van der Waals surface area contributed by atoms with Gasteiger partial charge in [0.1, 0.15) is 6.29 Å². The molecule has 2 rings (SSSR count). The van der Waals surface area contributed by atoms with Crippen molar-refractivity contribution in [1.29, 1.82) is 0 Å². The molecule has 0 aliphatic heterocycles. The maximum absolute atomic E-state index is 11.6. The van der Waals surface area contributed by atoms with Crippen LogP contribution in [0.4, 0.5) is 0 Å². The molecule has 0 aromatic rings. The highest BCUT2D eigenvalue weighted by Crippen LogP contribution is 2.55. The summed E-state index contributed by atoms with van der Waals surface area (Å²) in [4.78, 5) is 11.6. The Balaban J connectivity index is 2.14. The summed E-state index contributed by atoms with van der Waals surface area (Å²) in [5, 5.41) is 21.0. The molecule has 2 N–H and O–H groups in total. The van der Waals surface area contributed by atoms with Crippen LogP contribution in [0.3, 0.4) is 0 Å². The number of rotatable bonds is 10. The average molecular weight is 473 g/mol. The van der Waals surface area contributed by atoms with E-state index in [1.165, 1.54) is 24.0 Å². The molecule has 0 aromatic carbocycles. The Morgan fingerprint density at radius 1 is 1.15 bits per heavy atom.